The third-order valence-corrected chi connectivity index (χ3v) is 6.22. The Hall–Kier alpha value is -2.83. The quantitative estimate of drug-likeness (QED) is 0.361. The fourth-order valence-electron chi connectivity index (χ4n) is 4.07. The molecule has 2 aromatic rings. The number of carbonyl (C=O) groups excluding carboxylic acids is 2. The van der Waals surface area contributed by atoms with Gasteiger partial charge in [-0.2, -0.15) is 0 Å². The van der Waals surface area contributed by atoms with Crippen molar-refractivity contribution in [1.82, 2.24) is 9.80 Å². The minimum atomic E-state index is -0.690. The molecule has 1 N–H and O–H groups in total. The molecule has 1 fully saturated rings. The van der Waals surface area contributed by atoms with E-state index < -0.39 is 17.7 Å². The van der Waals surface area contributed by atoms with Crippen LogP contribution in [0.4, 0.5) is 0 Å². The Labute approximate surface area is 194 Å². The van der Waals surface area contributed by atoms with E-state index >= 15 is 0 Å². The molecule has 1 amide bonds. The number of hydrogen-bond donors (Lipinski definition) is 1. The summed E-state index contributed by atoms with van der Waals surface area (Å²) in [4.78, 5) is 29.9. The van der Waals surface area contributed by atoms with Crippen LogP contribution in [0.2, 0.25) is 5.02 Å². The van der Waals surface area contributed by atoms with E-state index in [4.69, 9.17) is 16.3 Å². The Morgan fingerprint density at radius 3 is 2.34 bits per heavy atom. The first-order chi connectivity index (χ1) is 15.3. The van der Waals surface area contributed by atoms with Gasteiger partial charge in [0.05, 0.1) is 18.7 Å². The molecular formula is C25H29ClN2O4. The number of benzene rings is 2. The fourth-order valence-corrected chi connectivity index (χ4v) is 4.19. The third-order valence-electron chi connectivity index (χ3n) is 5.97. The summed E-state index contributed by atoms with van der Waals surface area (Å²) >= 11 is 6.07. The first-order valence-corrected chi connectivity index (χ1v) is 11.1. The molecule has 1 saturated heterocycles. The summed E-state index contributed by atoms with van der Waals surface area (Å²) in [5.74, 6) is -0.830. The van der Waals surface area contributed by atoms with Crippen molar-refractivity contribution in [3.05, 3.63) is 69.8 Å². The number of ether oxygens (including phenoxy) is 1. The molecule has 6 nitrogen and oxygen atoms in total. The van der Waals surface area contributed by atoms with Gasteiger partial charge in [0.2, 0.25) is 0 Å². The Bertz CT molecular complexity index is 1030. The summed E-state index contributed by atoms with van der Waals surface area (Å²) in [5, 5.41) is 11.8. The van der Waals surface area contributed by atoms with Crippen molar-refractivity contribution >= 4 is 29.1 Å². The van der Waals surface area contributed by atoms with Gasteiger partial charge in [-0.3, -0.25) is 9.59 Å². The minimum Gasteiger partial charge on any atom is -0.507 e. The topological polar surface area (TPSA) is 70.1 Å². The first kappa shape index (κ1) is 23.8. The zero-order chi connectivity index (χ0) is 23.4. The van der Waals surface area contributed by atoms with Gasteiger partial charge in [-0.15, -0.1) is 0 Å². The standard InChI is InChI=1S/C25H29ClN2O4/c1-5-27(6-2)13-14-28-22(17-7-9-18(26)10-8-17)21(24(30)25(28)31)23(29)20-12-11-19(32-4)15-16(20)3/h7-12,15,22,29H,5-6,13-14H2,1-4H3/t22-/m1/s1. The van der Waals surface area contributed by atoms with E-state index in [1.165, 1.54) is 0 Å². The molecule has 0 bridgehead atoms. The number of rotatable bonds is 8. The Balaban J connectivity index is 2.12. The largest absolute Gasteiger partial charge is 0.507 e. The zero-order valence-corrected chi connectivity index (χ0v) is 19.6. The monoisotopic (exact) mass is 456 g/mol. The van der Waals surface area contributed by atoms with Gasteiger partial charge in [0.15, 0.2) is 0 Å². The Kier molecular flexibility index (Phi) is 7.59. The number of likely N-dealkylation sites (tertiary alicyclic amines) is 1. The lowest BCUT2D eigenvalue weighted by molar-refractivity contribution is -0.140. The lowest BCUT2D eigenvalue weighted by Crippen LogP contribution is -2.38. The van der Waals surface area contributed by atoms with Gasteiger partial charge in [0, 0.05) is 23.7 Å². The van der Waals surface area contributed by atoms with Gasteiger partial charge in [-0.25, -0.2) is 0 Å². The lowest BCUT2D eigenvalue weighted by atomic mass is 9.94. The molecule has 1 aliphatic rings. The van der Waals surface area contributed by atoms with E-state index in [0.717, 1.165) is 24.2 Å². The SMILES string of the molecule is CCN(CC)CCN1C(=O)C(=O)C(=C(O)c2ccc(OC)cc2C)[C@H]1c1ccc(Cl)cc1. The highest BCUT2D eigenvalue weighted by molar-refractivity contribution is 6.46. The highest BCUT2D eigenvalue weighted by Gasteiger charge is 2.46. The summed E-state index contributed by atoms with van der Waals surface area (Å²) < 4.78 is 5.24. The number of amides is 1. The number of Topliss-reactive ketones (excluding diaryl/α,β-unsaturated/α-hetero) is 1. The molecule has 32 heavy (non-hydrogen) atoms. The zero-order valence-electron chi connectivity index (χ0n) is 18.9. The summed E-state index contributed by atoms with van der Waals surface area (Å²) in [6.45, 7) is 8.63. The fraction of sp³-hybridized carbons (Fsp3) is 0.360. The van der Waals surface area contributed by atoms with Gasteiger partial charge in [0.25, 0.3) is 11.7 Å². The van der Waals surface area contributed by atoms with Crippen LogP contribution in [0.5, 0.6) is 5.75 Å². The van der Waals surface area contributed by atoms with Gasteiger partial charge in [-0.1, -0.05) is 37.6 Å². The van der Waals surface area contributed by atoms with Crippen molar-refractivity contribution in [3.63, 3.8) is 0 Å². The van der Waals surface area contributed by atoms with Crippen LogP contribution in [0.25, 0.3) is 5.76 Å². The average molecular weight is 457 g/mol. The molecule has 7 heteroatoms. The molecule has 1 heterocycles. The van der Waals surface area contributed by atoms with Crippen LogP contribution in [0.3, 0.4) is 0 Å². The second-order valence-corrected chi connectivity index (χ2v) is 8.19. The highest BCUT2D eigenvalue weighted by atomic mass is 35.5. The second kappa shape index (κ2) is 10.2. The molecular weight excluding hydrogens is 428 g/mol. The van der Waals surface area contributed by atoms with Crippen molar-refractivity contribution in [3.8, 4) is 5.75 Å². The Morgan fingerprint density at radius 1 is 1.12 bits per heavy atom. The van der Waals surface area contributed by atoms with Crippen LogP contribution in [0.15, 0.2) is 48.0 Å². The third kappa shape index (κ3) is 4.66. The van der Waals surface area contributed by atoms with Crippen LogP contribution in [0.1, 0.15) is 36.6 Å². The highest BCUT2D eigenvalue weighted by Crippen LogP contribution is 2.40. The van der Waals surface area contributed by atoms with Gasteiger partial charge >= 0.3 is 0 Å². The Morgan fingerprint density at radius 2 is 1.78 bits per heavy atom. The average Bonchev–Trinajstić information content (AvgIpc) is 3.04. The van der Waals surface area contributed by atoms with Crippen LogP contribution in [-0.4, -0.2) is 59.9 Å². The summed E-state index contributed by atoms with van der Waals surface area (Å²) in [6, 6.07) is 11.5. The predicted octanol–water partition coefficient (Wildman–Crippen LogP) is 4.42. The number of methoxy groups -OCH3 is 1. The number of aliphatic hydroxyl groups is 1. The van der Waals surface area contributed by atoms with E-state index in [-0.39, 0.29) is 11.3 Å². The molecule has 0 spiro atoms. The van der Waals surface area contributed by atoms with E-state index in [9.17, 15) is 14.7 Å². The van der Waals surface area contributed by atoms with Crippen molar-refractivity contribution in [2.45, 2.75) is 26.8 Å². The van der Waals surface area contributed by atoms with Gasteiger partial charge in [-0.05, 0) is 61.5 Å². The number of halogens is 1. The number of likely N-dealkylation sites (N-methyl/N-ethyl adjacent to an activating group) is 1. The van der Waals surface area contributed by atoms with Crippen LogP contribution in [0, 0.1) is 6.92 Å². The number of ketones is 1. The van der Waals surface area contributed by atoms with Crippen molar-refractivity contribution < 1.29 is 19.4 Å². The van der Waals surface area contributed by atoms with E-state index in [1.54, 1.807) is 54.5 Å². The number of carbonyl (C=O) groups is 2. The number of aryl methyl sites for hydroxylation is 1. The van der Waals surface area contributed by atoms with Crippen LogP contribution < -0.4 is 4.74 Å². The summed E-state index contributed by atoms with van der Waals surface area (Å²) in [5.41, 5.74) is 2.04. The van der Waals surface area contributed by atoms with E-state index in [0.29, 0.717) is 29.4 Å². The molecule has 0 aliphatic carbocycles. The molecule has 2 aromatic carbocycles. The molecule has 0 saturated carbocycles. The van der Waals surface area contributed by atoms with Crippen molar-refractivity contribution in [2.75, 3.05) is 33.3 Å². The van der Waals surface area contributed by atoms with Crippen LogP contribution in [-0.2, 0) is 9.59 Å². The molecule has 170 valence electrons. The normalized spacial score (nSPS) is 17.9. The van der Waals surface area contributed by atoms with Crippen LogP contribution >= 0.6 is 11.6 Å². The van der Waals surface area contributed by atoms with E-state index in [2.05, 4.69) is 18.7 Å². The maximum atomic E-state index is 13.1. The maximum Gasteiger partial charge on any atom is 0.295 e. The van der Waals surface area contributed by atoms with E-state index in [1.807, 2.05) is 6.92 Å². The predicted molar refractivity (Wildman–Crippen MR) is 126 cm³/mol. The second-order valence-electron chi connectivity index (χ2n) is 7.75. The lowest BCUT2D eigenvalue weighted by Gasteiger charge is -2.28. The molecule has 0 radical (unpaired) electrons. The number of hydrogen-bond acceptors (Lipinski definition) is 5. The molecule has 1 atom stereocenters. The van der Waals surface area contributed by atoms with Crippen molar-refractivity contribution in [2.24, 2.45) is 0 Å². The number of aliphatic hydroxyl groups excluding tert-OH is 1. The summed E-state index contributed by atoms with van der Waals surface area (Å²) in [6.07, 6.45) is 0. The summed E-state index contributed by atoms with van der Waals surface area (Å²) in [7, 11) is 1.57. The molecule has 3 rings (SSSR count). The van der Waals surface area contributed by atoms with Gasteiger partial charge < -0.3 is 19.6 Å². The maximum absolute atomic E-state index is 13.1. The van der Waals surface area contributed by atoms with Crippen molar-refractivity contribution in [1.29, 1.82) is 0 Å². The minimum absolute atomic E-state index is 0.0881. The molecule has 0 unspecified atom stereocenters. The number of nitrogens with zero attached hydrogens (tertiary/aromatic N) is 2. The molecule has 1 aliphatic heterocycles. The smallest absolute Gasteiger partial charge is 0.295 e. The van der Waals surface area contributed by atoms with Gasteiger partial charge in [0.1, 0.15) is 11.5 Å². The molecule has 0 aromatic heterocycles. The first-order valence-electron chi connectivity index (χ1n) is 10.7.